The summed E-state index contributed by atoms with van der Waals surface area (Å²) in [6, 6.07) is 20.8. The van der Waals surface area contributed by atoms with E-state index in [1.54, 1.807) is 7.05 Å². The van der Waals surface area contributed by atoms with Crippen LogP contribution in [0.4, 0.5) is 5.69 Å². The molecule has 1 aliphatic rings. The highest BCUT2D eigenvalue weighted by molar-refractivity contribution is 5.80. The van der Waals surface area contributed by atoms with Gasteiger partial charge in [-0.25, -0.2) is 0 Å². The molecule has 1 unspecified atom stereocenters. The number of hydrogen-bond donors (Lipinski definition) is 2. The molecule has 0 aliphatic carbocycles. The molecule has 5 heteroatoms. The maximum absolute atomic E-state index is 5.69. The van der Waals surface area contributed by atoms with Gasteiger partial charge >= 0.3 is 0 Å². The van der Waals surface area contributed by atoms with Crippen LogP contribution >= 0.6 is 0 Å². The maximum Gasteiger partial charge on any atom is 0.191 e. The van der Waals surface area contributed by atoms with E-state index in [0.29, 0.717) is 19.2 Å². The fourth-order valence-electron chi connectivity index (χ4n) is 2.99. The first-order valence-electron chi connectivity index (χ1n) is 8.80. The van der Waals surface area contributed by atoms with E-state index in [9.17, 15) is 0 Å². The first kappa shape index (κ1) is 17.1. The molecule has 2 aromatic rings. The molecule has 2 aromatic carbocycles. The van der Waals surface area contributed by atoms with Gasteiger partial charge in [0.25, 0.3) is 0 Å². The lowest BCUT2D eigenvalue weighted by Gasteiger charge is -2.20. The number of ether oxygens (including phenoxy) is 1. The van der Waals surface area contributed by atoms with E-state index in [-0.39, 0.29) is 0 Å². The fourth-order valence-corrected chi connectivity index (χ4v) is 2.99. The number of hydrogen-bond acceptors (Lipinski definition) is 3. The van der Waals surface area contributed by atoms with E-state index in [1.165, 1.54) is 5.69 Å². The Balaban J connectivity index is 1.39. The SMILES string of the molecule is CN=C(NCCOc1ccccc1)NC1CCN(c2ccccc2)C1. The second-order valence-electron chi connectivity index (χ2n) is 6.07. The van der Waals surface area contributed by atoms with E-state index >= 15 is 0 Å². The summed E-state index contributed by atoms with van der Waals surface area (Å²) in [6.07, 6.45) is 1.11. The zero-order valence-electron chi connectivity index (χ0n) is 14.7. The van der Waals surface area contributed by atoms with Crippen molar-refractivity contribution in [2.45, 2.75) is 12.5 Å². The van der Waals surface area contributed by atoms with Crippen molar-refractivity contribution >= 4 is 11.6 Å². The third kappa shape index (κ3) is 5.14. The van der Waals surface area contributed by atoms with Gasteiger partial charge < -0.3 is 20.3 Å². The number of para-hydroxylation sites is 2. The first-order valence-corrected chi connectivity index (χ1v) is 8.80. The molecular formula is C20H26N4O. The zero-order chi connectivity index (χ0) is 17.3. The van der Waals surface area contributed by atoms with E-state index in [2.05, 4.69) is 50.9 Å². The zero-order valence-corrected chi connectivity index (χ0v) is 14.7. The van der Waals surface area contributed by atoms with Crippen LogP contribution in [0.5, 0.6) is 5.75 Å². The van der Waals surface area contributed by atoms with Crippen molar-refractivity contribution in [3.63, 3.8) is 0 Å². The molecule has 25 heavy (non-hydrogen) atoms. The third-order valence-electron chi connectivity index (χ3n) is 4.28. The monoisotopic (exact) mass is 338 g/mol. The summed E-state index contributed by atoms with van der Waals surface area (Å²) in [7, 11) is 1.80. The Morgan fingerprint density at radius 3 is 2.56 bits per heavy atom. The molecular weight excluding hydrogens is 312 g/mol. The Morgan fingerprint density at radius 1 is 1.12 bits per heavy atom. The van der Waals surface area contributed by atoms with Gasteiger partial charge in [-0.3, -0.25) is 4.99 Å². The smallest absolute Gasteiger partial charge is 0.191 e. The molecule has 1 fully saturated rings. The highest BCUT2D eigenvalue weighted by Crippen LogP contribution is 2.19. The number of nitrogens with one attached hydrogen (secondary N) is 2. The molecule has 2 N–H and O–H groups in total. The van der Waals surface area contributed by atoms with Gasteiger partial charge in [-0.15, -0.1) is 0 Å². The van der Waals surface area contributed by atoms with Gasteiger partial charge in [-0.2, -0.15) is 0 Å². The lowest BCUT2D eigenvalue weighted by Crippen LogP contribution is -2.45. The summed E-state index contributed by atoms with van der Waals surface area (Å²) >= 11 is 0. The van der Waals surface area contributed by atoms with Gasteiger partial charge in [0, 0.05) is 31.9 Å². The topological polar surface area (TPSA) is 48.9 Å². The highest BCUT2D eigenvalue weighted by Gasteiger charge is 2.23. The van der Waals surface area contributed by atoms with Crippen LogP contribution < -0.4 is 20.3 Å². The molecule has 1 aliphatic heterocycles. The molecule has 3 rings (SSSR count). The summed E-state index contributed by atoms with van der Waals surface area (Å²) in [4.78, 5) is 6.72. The second kappa shape index (κ2) is 8.97. The standard InChI is InChI=1S/C20H26N4O/c1-21-20(22-13-15-25-19-10-6-3-7-11-19)23-17-12-14-24(16-17)18-8-4-2-5-9-18/h2-11,17H,12-16H2,1H3,(H2,21,22,23). The van der Waals surface area contributed by atoms with Gasteiger partial charge in [0.05, 0.1) is 6.54 Å². The summed E-state index contributed by atoms with van der Waals surface area (Å²) in [5, 5.41) is 6.82. The van der Waals surface area contributed by atoms with Gasteiger partial charge in [-0.1, -0.05) is 36.4 Å². The van der Waals surface area contributed by atoms with Crippen molar-refractivity contribution in [1.82, 2.24) is 10.6 Å². The predicted octanol–water partition coefficient (Wildman–Crippen LogP) is 2.51. The Kier molecular flexibility index (Phi) is 6.15. The largest absolute Gasteiger partial charge is 0.492 e. The van der Waals surface area contributed by atoms with Gasteiger partial charge in [0.2, 0.25) is 0 Å². The number of aliphatic imine (C=N–C) groups is 1. The summed E-state index contributed by atoms with van der Waals surface area (Å²) in [6.45, 7) is 3.37. The number of guanidine groups is 1. The van der Waals surface area contributed by atoms with E-state index in [0.717, 1.165) is 31.2 Å². The molecule has 5 nitrogen and oxygen atoms in total. The minimum absolute atomic E-state index is 0.404. The lowest BCUT2D eigenvalue weighted by molar-refractivity contribution is 0.321. The van der Waals surface area contributed by atoms with Crippen LogP contribution in [-0.4, -0.2) is 45.3 Å². The fraction of sp³-hybridized carbons (Fsp3) is 0.350. The van der Waals surface area contributed by atoms with E-state index < -0.39 is 0 Å². The van der Waals surface area contributed by atoms with Crippen molar-refractivity contribution in [1.29, 1.82) is 0 Å². The van der Waals surface area contributed by atoms with E-state index in [1.807, 2.05) is 30.3 Å². The molecule has 1 heterocycles. The van der Waals surface area contributed by atoms with Gasteiger partial charge in [0.1, 0.15) is 12.4 Å². The second-order valence-corrected chi connectivity index (χ2v) is 6.07. The normalized spacial score (nSPS) is 17.4. The summed E-state index contributed by atoms with van der Waals surface area (Å²) in [5.41, 5.74) is 1.28. The first-order chi connectivity index (χ1) is 12.3. The Morgan fingerprint density at radius 2 is 1.84 bits per heavy atom. The average molecular weight is 338 g/mol. The molecule has 0 aromatic heterocycles. The Bertz CT molecular complexity index is 660. The Hall–Kier alpha value is -2.69. The van der Waals surface area contributed by atoms with Crippen molar-refractivity contribution < 1.29 is 4.74 Å². The number of anilines is 1. The van der Waals surface area contributed by atoms with Crippen LogP contribution in [0.2, 0.25) is 0 Å². The molecule has 1 atom stereocenters. The number of benzene rings is 2. The number of nitrogens with zero attached hydrogens (tertiary/aromatic N) is 2. The minimum Gasteiger partial charge on any atom is -0.492 e. The molecule has 0 spiro atoms. The van der Waals surface area contributed by atoms with Crippen LogP contribution in [0.3, 0.4) is 0 Å². The van der Waals surface area contributed by atoms with Gasteiger partial charge in [0.15, 0.2) is 5.96 Å². The maximum atomic E-state index is 5.69. The molecule has 0 radical (unpaired) electrons. The quantitative estimate of drug-likeness (QED) is 0.483. The minimum atomic E-state index is 0.404. The molecule has 0 amide bonds. The van der Waals surface area contributed by atoms with Crippen molar-refractivity contribution in [2.24, 2.45) is 4.99 Å². The van der Waals surface area contributed by atoms with Crippen LogP contribution in [0.15, 0.2) is 65.7 Å². The van der Waals surface area contributed by atoms with Crippen LogP contribution in [0.1, 0.15) is 6.42 Å². The van der Waals surface area contributed by atoms with Crippen molar-refractivity contribution in [3.8, 4) is 5.75 Å². The van der Waals surface area contributed by atoms with Crippen LogP contribution in [-0.2, 0) is 0 Å². The van der Waals surface area contributed by atoms with Crippen molar-refractivity contribution in [3.05, 3.63) is 60.7 Å². The van der Waals surface area contributed by atoms with E-state index in [4.69, 9.17) is 4.74 Å². The summed E-state index contributed by atoms with van der Waals surface area (Å²) < 4.78 is 5.69. The summed E-state index contributed by atoms with van der Waals surface area (Å²) in [5.74, 6) is 1.72. The van der Waals surface area contributed by atoms with Gasteiger partial charge in [-0.05, 0) is 30.7 Å². The van der Waals surface area contributed by atoms with Crippen LogP contribution in [0.25, 0.3) is 0 Å². The molecule has 0 saturated carbocycles. The molecule has 132 valence electrons. The molecule has 1 saturated heterocycles. The van der Waals surface area contributed by atoms with Crippen LogP contribution in [0, 0.1) is 0 Å². The molecule has 0 bridgehead atoms. The van der Waals surface area contributed by atoms with Crippen molar-refractivity contribution in [2.75, 3.05) is 38.2 Å². The lowest BCUT2D eigenvalue weighted by atomic mass is 10.3. The highest BCUT2D eigenvalue weighted by atomic mass is 16.5. The Labute approximate surface area is 149 Å². The third-order valence-corrected chi connectivity index (χ3v) is 4.28. The predicted molar refractivity (Wildman–Crippen MR) is 103 cm³/mol. The number of rotatable bonds is 6. The average Bonchev–Trinajstić information content (AvgIpc) is 3.14.